The molecular weight excluding hydrogens is 156 g/mol. The molecule has 12 heavy (non-hydrogen) atoms. The van der Waals surface area contributed by atoms with Crippen LogP contribution in [0.2, 0.25) is 0 Å². The van der Waals surface area contributed by atoms with Crippen molar-refractivity contribution in [1.82, 2.24) is 0 Å². The molecule has 0 aromatic heterocycles. The van der Waals surface area contributed by atoms with Gasteiger partial charge in [-0.2, -0.15) is 0 Å². The van der Waals surface area contributed by atoms with Gasteiger partial charge in [0.05, 0.1) is 7.11 Å². The first kappa shape index (κ1) is 7.77. The summed E-state index contributed by atoms with van der Waals surface area (Å²) in [6.45, 7) is 0. The molecule has 0 radical (unpaired) electrons. The summed E-state index contributed by atoms with van der Waals surface area (Å²) in [4.78, 5) is 22.7. The lowest BCUT2D eigenvalue weighted by atomic mass is 10.0. The minimum atomic E-state index is -0.447. The molecule has 2 aliphatic carbocycles. The Morgan fingerprint density at radius 3 is 2.58 bits per heavy atom. The van der Waals surface area contributed by atoms with Gasteiger partial charge in [-0.3, -0.25) is 9.59 Å². The fourth-order valence-corrected chi connectivity index (χ4v) is 2.06. The monoisotopic (exact) mass is 168 g/mol. The molecule has 0 heterocycles. The van der Waals surface area contributed by atoms with Gasteiger partial charge in [0.1, 0.15) is 5.92 Å². The van der Waals surface area contributed by atoms with Gasteiger partial charge in [0.25, 0.3) is 0 Å². The molecule has 2 aliphatic rings. The molecule has 1 atom stereocenters. The molecule has 0 amide bonds. The maximum atomic E-state index is 11.6. The summed E-state index contributed by atoms with van der Waals surface area (Å²) < 4.78 is 4.57. The van der Waals surface area contributed by atoms with Crippen LogP contribution in [-0.2, 0) is 14.3 Å². The molecule has 2 fully saturated rings. The molecule has 2 rings (SSSR count). The predicted octanol–water partition coefficient (Wildman–Crippen LogP) is 0.919. The molecule has 0 aromatic carbocycles. The third kappa shape index (κ3) is 0.886. The van der Waals surface area contributed by atoms with Gasteiger partial charge in [0, 0.05) is 5.41 Å². The lowest BCUT2D eigenvalue weighted by molar-refractivity contribution is -0.148. The summed E-state index contributed by atoms with van der Waals surface area (Å²) in [6.07, 6.45) is 3.57. The van der Waals surface area contributed by atoms with Crippen LogP contribution in [-0.4, -0.2) is 18.9 Å². The molecule has 0 aromatic rings. The minimum Gasteiger partial charge on any atom is -0.468 e. The van der Waals surface area contributed by atoms with E-state index >= 15 is 0 Å². The highest BCUT2D eigenvalue weighted by atomic mass is 16.5. The van der Waals surface area contributed by atoms with E-state index in [1.165, 1.54) is 7.11 Å². The number of hydrogen-bond acceptors (Lipinski definition) is 3. The van der Waals surface area contributed by atoms with Crippen LogP contribution in [0, 0.1) is 11.3 Å². The molecular formula is C9H12O3. The summed E-state index contributed by atoms with van der Waals surface area (Å²) >= 11 is 0. The van der Waals surface area contributed by atoms with Gasteiger partial charge in [0.2, 0.25) is 0 Å². The Bertz CT molecular complexity index is 240. The second-order valence-electron chi connectivity index (χ2n) is 3.76. The summed E-state index contributed by atoms with van der Waals surface area (Å²) in [5, 5.41) is 0. The van der Waals surface area contributed by atoms with Crippen LogP contribution in [0.1, 0.15) is 25.7 Å². The van der Waals surface area contributed by atoms with Crippen molar-refractivity contribution in [3.63, 3.8) is 0 Å². The smallest absolute Gasteiger partial charge is 0.316 e. The number of carbonyl (C=O) groups is 2. The van der Waals surface area contributed by atoms with Crippen molar-refractivity contribution in [3.8, 4) is 0 Å². The summed E-state index contributed by atoms with van der Waals surface area (Å²) in [7, 11) is 1.34. The van der Waals surface area contributed by atoms with Crippen molar-refractivity contribution in [1.29, 1.82) is 0 Å². The van der Waals surface area contributed by atoms with Gasteiger partial charge in [-0.25, -0.2) is 0 Å². The molecule has 1 spiro atoms. The maximum Gasteiger partial charge on any atom is 0.316 e. The topological polar surface area (TPSA) is 43.4 Å². The van der Waals surface area contributed by atoms with Gasteiger partial charge >= 0.3 is 5.97 Å². The van der Waals surface area contributed by atoms with E-state index < -0.39 is 5.92 Å². The first-order chi connectivity index (χ1) is 5.69. The zero-order chi connectivity index (χ0) is 8.77. The van der Waals surface area contributed by atoms with E-state index in [0.717, 1.165) is 19.3 Å². The Hall–Kier alpha value is -0.860. The minimum absolute atomic E-state index is 0.0845. The molecule has 3 nitrogen and oxygen atoms in total. The quantitative estimate of drug-likeness (QED) is 0.432. The summed E-state index contributed by atoms with van der Waals surface area (Å²) in [6, 6.07) is 0. The molecule has 0 aliphatic heterocycles. The van der Waals surface area contributed by atoms with Gasteiger partial charge in [0.15, 0.2) is 5.78 Å². The van der Waals surface area contributed by atoms with Crippen molar-refractivity contribution in [2.75, 3.05) is 7.11 Å². The van der Waals surface area contributed by atoms with Crippen LogP contribution in [0.15, 0.2) is 0 Å². The Morgan fingerprint density at radius 2 is 2.17 bits per heavy atom. The summed E-state index contributed by atoms with van der Waals surface area (Å²) in [5.41, 5.74) is -0.0845. The number of methoxy groups -OCH3 is 1. The number of ether oxygens (including phenoxy) is 1. The van der Waals surface area contributed by atoms with Crippen molar-refractivity contribution < 1.29 is 14.3 Å². The van der Waals surface area contributed by atoms with Crippen molar-refractivity contribution in [2.24, 2.45) is 11.3 Å². The second kappa shape index (κ2) is 2.31. The lowest BCUT2D eigenvalue weighted by Gasteiger charge is -2.05. The van der Waals surface area contributed by atoms with E-state index in [1.807, 2.05) is 0 Å². The molecule has 0 bridgehead atoms. The van der Waals surface area contributed by atoms with E-state index in [2.05, 4.69) is 4.74 Å². The first-order valence-corrected chi connectivity index (χ1v) is 4.32. The van der Waals surface area contributed by atoms with E-state index in [1.54, 1.807) is 0 Å². The highest BCUT2D eigenvalue weighted by Crippen LogP contribution is 2.57. The third-order valence-electron chi connectivity index (χ3n) is 3.09. The number of carbonyl (C=O) groups excluding carboxylic acids is 2. The second-order valence-corrected chi connectivity index (χ2v) is 3.76. The predicted molar refractivity (Wildman–Crippen MR) is 41.4 cm³/mol. The van der Waals surface area contributed by atoms with Crippen LogP contribution in [0.3, 0.4) is 0 Å². The standard InChI is InChI=1S/C9H12O3/c1-12-8(11)6-2-3-9(4-5-9)7(6)10/h6H,2-5H2,1H3. The zero-order valence-electron chi connectivity index (χ0n) is 7.13. The van der Waals surface area contributed by atoms with E-state index in [4.69, 9.17) is 0 Å². The van der Waals surface area contributed by atoms with Gasteiger partial charge in [-0.15, -0.1) is 0 Å². The SMILES string of the molecule is COC(=O)C1CCC2(CC2)C1=O. The van der Waals surface area contributed by atoms with Crippen LogP contribution >= 0.6 is 0 Å². The average Bonchev–Trinajstić information content (AvgIpc) is 2.78. The number of hydrogen-bond donors (Lipinski definition) is 0. The molecule has 3 heteroatoms. The van der Waals surface area contributed by atoms with Gasteiger partial charge in [-0.1, -0.05) is 0 Å². The average molecular weight is 168 g/mol. The normalized spacial score (nSPS) is 30.8. The van der Waals surface area contributed by atoms with Gasteiger partial charge in [-0.05, 0) is 25.7 Å². The highest BCUT2D eigenvalue weighted by molar-refractivity contribution is 6.04. The molecule has 2 saturated carbocycles. The number of rotatable bonds is 1. The Labute approximate surface area is 71.1 Å². The zero-order valence-corrected chi connectivity index (χ0v) is 7.13. The number of Topliss-reactive ketones (excluding diaryl/α,β-unsaturated/α-hetero) is 1. The Kier molecular flexibility index (Phi) is 1.50. The fourth-order valence-electron chi connectivity index (χ4n) is 2.06. The van der Waals surface area contributed by atoms with Crippen molar-refractivity contribution in [2.45, 2.75) is 25.7 Å². The fraction of sp³-hybridized carbons (Fsp3) is 0.778. The van der Waals surface area contributed by atoms with E-state index in [0.29, 0.717) is 6.42 Å². The van der Waals surface area contributed by atoms with E-state index in [9.17, 15) is 9.59 Å². The van der Waals surface area contributed by atoms with Crippen LogP contribution in [0.4, 0.5) is 0 Å². The number of esters is 1. The van der Waals surface area contributed by atoms with Crippen LogP contribution < -0.4 is 0 Å². The van der Waals surface area contributed by atoms with Crippen molar-refractivity contribution in [3.05, 3.63) is 0 Å². The van der Waals surface area contributed by atoms with Crippen LogP contribution in [0.5, 0.6) is 0 Å². The highest BCUT2D eigenvalue weighted by Gasteiger charge is 2.57. The summed E-state index contributed by atoms with van der Waals surface area (Å²) in [5.74, 6) is -0.657. The van der Waals surface area contributed by atoms with E-state index in [-0.39, 0.29) is 17.2 Å². The molecule has 0 N–H and O–H groups in total. The Balaban J connectivity index is 2.11. The van der Waals surface area contributed by atoms with Gasteiger partial charge < -0.3 is 4.74 Å². The molecule has 0 saturated heterocycles. The molecule has 1 unspecified atom stereocenters. The lowest BCUT2D eigenvalue weighted by Crippen LogP contribution is -2.23. The maximum absolute atomic E-state index is 11.6. The largest absolute Gasteiger partial charge is 0.468 e. The number of ketones is 1. The van der Waals surface area contributed by atoms with Crippen LogP contribution in [0.25, 0.3) is 0 Å². The first-order valence-electron chi connectivity index (χ1n) is 4.32. The third-order valence-corrected chi connectivity index (χ3v) is 3.09. The Morgan fingerprint density at radius 1 is 1.50 bits per heavy atom. The molecule has 66 valence electrons. The van der Waals surface area contributed by atoms with Crippen molar-refractivity contribution >= 4 is 11.8 Å².